The van der Waals surface area contributed by atoms with Crippen LogP contribution in [0.2, 0.25) is 0 Å². The molecule has 1 aromatic carbocycles. The summed E-state index contributed by atoms with van der Waals surface area (Å²) < 4.78 is 40.4. The standard InChI is InChI=1S/C30H40F2O6/c1-4-5-6-7-22-8-10-24(11-9-22)27(31)28(32)25-14-12-23(13-15-25)26(18-37-29(35)20(2)16-33)19-38-30(36)21(3)17-34/h12-15,22,24,26,33-34H,2-11,16-19H2,1H3/b28-27+. The molecular weight excluding hydrogens is 494 g/mol. The molecule has 1 aromatic rings. The molecule has 1 fully saturated rings. The summed E-state index contributed by atoms with van der Waals surface area (Å²) in [5.74, 6) is -3.67. The van der Waals surface area contributed by atoms with Crippen LogP contribution in [0, 0.1) is 11.8 Å². The first-order valence-electron chi connectivity index (χ1n) is 13.3. The first kappa shape index (κ1) is 31.4. The van der Waals surface area contributed by atoms with E-state index in [0.29, 0.717) is 24.3 Å². The van der Waals surface area contributed by atoms with Gasteiger partial charge < -0.3 is 19.7 Å². The van der Waals surface area contributed by atoms with Crippen LogP contribution in [0.5, 0.6) is 0 Å². The van der Waals surface area contributed by atoms with E-state index in [-0.39, 0.29) is 29.9 Å². The number of hydrogen-bond donors (Lipinski definition) is 2. The molecule has 8 heteroatoms. The number of esters is 2. The van der Waals surface area contributed by atoms with Gasteiger partial charge >= 0.3 is 11.9 Å². The molecule has 0 heterocycles. The van der Waals surface area contributed by atoms with Gasteiger partial charge in [-0.15, -0.1) is 0 Å². The zero-order valence-electron chi connectivity index (χ0n) is 22.2. The summed E-state index contributed by atoms with van der Waals surface area (Å²) in [6, 6.07) is 5.99. The lowest BCUT2D eigenvalue weighted by molar-refractivity contribution is -0.142. The number of rotatable bonds is 15. The van der Waals surface area contributed by atoms with Crippen LogP contribution in [0.15, 0.2) is 54.4 Å². The average Bonchev–Trinajstić information content (AvgIpc) is 2.95. The van der Waals surface area contributed by atoms with Crippen molar-refractivity contribution in [3.05, 3.63) is 65.5 Å². The van der Waals surface area contributed by atoms with Crippen molar-refractivity contribution in [2.24, 2.45) is 11.8 Å². The lowest BCUT2D eigenvalue weighted by Crippen LogP contribution is -2.21. The Morgan fingerprint density at radius 1 is 0.921 bits per heavy atom. The maximum absolute atomic E-state index is 15.1. The van der Waals surface area contributed by atoms with Crippen LogP contribution in [-0.2, 0) is 19.1 Å². The number of benzene rings is 1. The van der Waals surface area contributed by atoms with Gasteiger partial charge in [0.15, 0.2) is 5.83 Å². The Morgan fingerprint density at radius 3 is 1.92 bits per heavy atom. The van der Waals surface area contributed by atoms with E-state index in [1.807, 2.05) is 0 Å². The van der Waals surface area contributed by atoms with Crippen LogP contribution in [0.1, 0.15) is 75.3 Å². The van der Waals surface area contributed by atoms with Gasteiger partial charge in [-0.3, -0.25) is 0 Å². The Balaban J connectivity index is 2.09. The molecule has 2 N–H and O–H groups in total. The maximum atomic E-state index is 15.1. The Morgan fingerprint density at radius 2 is 1.45 bits per heavy atom. The van der Waals surface area contributed by atoms with Crippen molar-refractivity contribution >= 4 is 17.8 Å². The number of hydrogen-bond acceptors (Lipinski definition) is 6. The lowest BCUT2D eigenvalue weighted by Gasteiger charge is -2.27. The predicted molar refractivity (Wildman–Crippen MR) is 142 cm³/mol. The monoisotopic (exact) mass is 534 g/mol. The fraction of sp³-hybridized carbons (Fsp3) is 0.533. The summed E-state index contributed by atoms with van der Waals surface area (Å²) in [4.78, 5) is 23.8. The first-order chi connectivity index (χ1) is 18.2. The van der Waals surface area contributed by atoms with E-state index in [1.165, 1.54) is 31.4 Å². The van der Waals surface area contributed by atoms with Crippen LogP contribution in [-0.4, -0.2) is 48.6 Å². The molecule has 0 unspecified atom stereocenters. The summed E-state index contributed by atoms with van der Waals surface area (Å²) in [6.45, 7) is 7.41. The van der Waals surface area contributed by atoms with E-state index in [1.54, 1.807) is 12.1 Å². The molecular formula is C30H40F2O6. The molecule has 38 heavy (non-hydrogen) atoms. The third-order valence-corrected chi connectivity index (χ3v) is 7.06. The van der Waals surface area contributed by atoms with E-state index < -0.39 is 48.6 Å². The number of carbonyl (C=O) groups is 2. The fourth-order valence-electron chi connectivity index (χ4n) is 4.53. The summed E-state index contributed by atoms with van der Waals surface area (Å²) in [6.07, 6.45) is 7.85. The number of ether oxygens (including phenoxy) is 2. The van der Waals surface area contributed by atoms with Gasteiger partial charge in [-0.2, -0.15) is 0 Å². The molecule has 6 nitrogen and oxygen atoms in total. The quantitative estimate of drug-likeness (QED) is 0.164. The molecule has 1 aliphatic carbocycles. The van der Waals surface area contributed by atoms with Gasteiger partial charge in [0.2, 0.25) is 0 Å². The largest absolute Gasteiger partial charge is 0.461 e. The number of allylic oxidation sites excluding steroid dienone is 1. The highest BCUT2D eigenvalue weighted by molar-refractivity contribution is 5.88. The highest BCUT2D eigenvalue weighted by Crippen LogP contribution is 2.39. The second-order valence-electron chi connectivity index (χ2n) is 9.91. The molecule has 0 atom stereocenters. The van der Waals surface area contributed by atoms with Crippen LogP contribution >= 0.6 is 0 Å². The van der Waals surface area contributed by atoms with Gasteiger partial charge in [0.05, 0.1) is 30.3 Å². The minimum absolute atomic E-state index is 0.103. The van der Waals surface area contributed by atoms with E-state index in [0.717, 1.165) is 19.3 Å². The van der Waals surface area contributed by atoms with Crippen molar-refractivity contribution in [3.8, 4) is 0 Å². The highest BCUT2D eigenvalue weighted by atomic mass is 19.2. The van der Waals surface area contributed by atoms with Gasteiger partial charge in [0.1, 0.15) is 19.0 Å². The fourth-order valence-corrected chi connectivity index (χ4v) is 4.53. The molecule has 0 spiro atoms. The van der Waals surface area contributed by atoms with Crippen LogP contribution in [0.3, 0.4) is 0 Å². The van der Waals surface area contributed by atoms with Crippen molar-refractivity contribution in [2.45, 2.75) is 64.2 Å². The molecule has 0 saturated heterocycles. The third kappa shape index (κ3) is 9.48. The summed E-state index contributed by atoms with van der Waals surface area (Å²) in [5, 5.41) is 18.1. The molecule has 1 saturated carbocycles. The molecule has 210 valence electrons. The zero-order chi connectivity index (χ0) is 28.1. The van der Waals surface area contributed by atoms with E-state index in [9.17, 15) is 9.59 Å². The van der Waals surface area contributed by atoms with Crippen molar-refractivity contribution in [1.82, 2.24) is 0 Å². The molecule has 0 bridgehead atoms. The van der Waals surface area contributed by atoms with E-state index >= 15 is 8.78 Å². The van der Waals surface area contributed by atoms with Gasteiger partial charge in [0.25, 0.3) is 0 Å². The van der Waals surface area contributed by atoms with Gasteiger partial charge in [-0.1, -0.05) is 70.0 Å². The number of aliphatic hydroxyl groups is 2. The summed E-state index contributed by atoms with van der Waals surface area (Å²) in [7, 11) is 0. The Hall–Kier alpha value is -2.84. The summed E-state index contributed by atoms with van der Waals surface area (Å²) in [5.41, 5.74) is 0.385. The second kappa shape index (κ2) is 16.2. The van der Waals surface area contributed by atoms with Crippen molar-refractivity contribution < 1.29 is 38.1 Å². The van der Waals surface area contributed by atoms with E-state index in [4.69, 9.17) is 19.7 Å². The Kier molecular flexibility index (Phi) is 13.4. The molecule has 0 aromatic heterocycles. The first-order valence-corrected chi connectivity index (χ1v) is 13.3. The minimum atomic E-state index is -0.876. The molecule has 1 aliphatic rings. The van der Waals surface area contributed by atoms with Crippen molar-refractivity contribution in [2.75, 3.05) is 26.4 Å². The lowest BCUT2D eigenvalue weighted by atomic mass is 9.79. The Labute approximate surface area is 224 Å². The number of aliphatic hydroxyl groups excluding tert-OH is 2. The number of carbonyl (C=O) groups excluding carboxylic acids is 2. The Bertz CT molecular complexity index is 945. The number of unbranched alkanes of at least 4 members (excludes halogenated alkanes) is 2. The molecule has 0 aliphatic heterocycles. The van der Waals surface area contributed by atoms with Crippen LogP contribution < -0.4 is 0 Å². The molecule has 0 amide bonds. The minimum Gasteiger partial charge on any atom is -0.461 e. The van der Waals surface area contributed by atoms with Crippen LogP contribution in [0.4, 0.5) is 8.78 Å². The second-order valence-corrected chi connectivity index (χ2v) is 9.91. The molecule has 0 radical (unpaired) electrons. The maximum Gasteiger partial charge on any atom is 0.335 e. The third-order valence-electron chi connectivity index (χ3n) is 7.06. The van der Waals surface area contributed by atoms with Crippen molar-refractivity contribution in [3.63, 3.8) is 0 Å². The zero-order valence-corrected chi connectivity index (χ0v) is 22.2. The average molecular weight is 535 g/mol. The highest BCUT2D eigenvalue weighted by Gasteiger charge is 2.27. The van der Waals surface area contributed by atoms with Crippen LogP contribution in [0.25, 0.3) is 5.83 Å². The van der Waals surface area contributed by atoms with Gasteiger partial charge in [-0.05, 0) is 37.2 Å². The van der Waals surface area contributed by atoms with Crippen molar-refractivity contribution in [1.29, 1.82) is 0 Å². The molecule has 2 rings (SSSR count). The van der Waals surface area contributed by atoms with Gasteiger partial charge in [0, 0.05) is 11.5 Å². The predicted octanol–water partition coefficient (Wildman–Crippen LogP) is 5.95. The SMILES string of the molecule is C=C(CO)C(=O)OCC(COC(=O)C(=C)CO)c1ccc(/C(F)=C(\F)C2CCC(CCCCC)CC2)cc1. The summed E-state index contributed by atoms with van der Waals surface area (Å²) >= 11 is 0. The van der Waals surface area contributed by atoms with E-state index in [2.05, 4.69) is 20.1 Å². The smallest absolute Gasteiger partial charge is 0.335 e. The topological polar surface area (TPSA) is 93.1 Å². The normalized spacial score (nSPS) is 18.1. The number of halogens is 2. The van der Waals surface area contributed by atoms with Gasteiger partial charge in [-0.25, -0.2) is 18.4 Å².